The Morgan fingerprint density at radius 2 is 2.28 bits per heavy atom. The summed E-state index contributed by atoms with van der Waals surface area (Å²) in [6.07, 6.45) is 0.448. The van der Waals surface area contributed by atoms with Crippen molar-refractivity contribution >= 4 is 11.8 Å². The Balaban J connectivity index is 1.78. The zero-order valence-corrected chi connectivity index (χ0v) is 10.5. The van der Waals surface area contributed by atoms with Gasteiger partial charge in [0.05, 0.1) is 0 Å². The smallest absolute Gasteiger partial charge is 0.228 e. The second-order valence-corrected chi connectivity index (χ2v) is 5.01. The predicted octanol–water partition coefficient (Wildman–Crippen LogP) is 1.80. The lowest BCUT2D eigenvalue weighted by molar-refractivity contribution is 0.205. The second kappa shape index (κ2) is 4.99. The summed E-state index contributed by atoms with van der Waals surface area (Å²) in [6, 6.07) is 7.96. The molecule has 0 spiro atoms. The first-order chi connectivity index (χ1) is 8.86. The first-order valence-corrected chi connectivity index (χ1v) is 6.76. The fourth-order valence-corrected chi connectivity index (χ4v) is 2.75. The van der Waals surface area contributed by atoms with Crippen LogP contribution in [-0.4, -0.2) is 22.4 Å². The van der Waals surface area contributed by atoms with Crippen LogP contribution in [0.25, 0.3) is 0 Å². The normalized spacial score (nSPS) is 18.2. The predicted molar refractivity (Wildman–Crippen MR) is 67.6 cm³/mol. The molecule has 1 aromatic heterocycles. The third-order valence-electron chi connectivity index (χ3n) is 2.64. The van der Waals surface area contributed by atoms with Crippen molar-refractivity contribution in [3.63, 3.8) is 0 Å². The van der Waals surface area contributed by atoms with Gasteiger partial charge in [0, 0.05) is 23.6 Å². The molecular formula is C12H13N3O2S. The van der Waals surface area contributed by atoms with Crippen molar-refractivity contribution in [2.75, 3.05) is 12.3 Å². The SMILES string of the molecule is NCCc1nc(C2CSc3ccccc3O2)no1. The van der Waals surface area contributed by atoms with Gasteiger partial charge in [-0.2, -0.15) is 4.98 Å². The van der Waals surface area contributed by atoms with E-state index in [0.29, 0.717) is 24.7 Å². The maximum absolute atomic E-state index is 5.87. The van der Waals surface area contributed by atoms with E-state index >= 15 is 0 Å². The van der Waals surface area contributed by atoms with Gasteiger partial charge in [0.1, 0.15) is 5.75 Å². The highest BCUT2D eigenvalue weighted by Gasteiger charge is 2.25. The minimum Gasteiger partial charge on any atom is -0.480 e. The molecule has 0 aliphatic carbocycles. The van der Waals surface area contributed by atoms with Gasteiger partial charge >= 0.3 is 0 Å². The van der Waals surface area contributed by atoms with Gasteiger partial charge in [-0.1, -0.05) is 17.3 Å². The van der Waals surface area contributed by atoms with Crippen molar-refractivity contribution in [3.8, 4) is 5.75 Å². The van der Waals surface area contributed by atoms with E-state index in [0.717, 1.165) is 16.4 Å². The van der Waals surface area contributed by atoms with E-state index in [4.69, 9.17) is 15.0 Å². The lowest BCUT2D eigenvalue weighted by Gasteiger charge is -2.22. The number of benzene rings is 1. The van der Waals surface area contributed by atoms with Gasteiger partial charge in [-0.25, -0.2) is 0 Å². The molecule has 2 N–H and O–H groups in total. The first-order valence-electron chi connectivity index (χ1n) is 5.78. The molecule has 2 heterocycles. The summed E-state index contributed by atoms with van der Waals surface area (Å²) in [4.78, 5) is 5.45. The van der Waals surface area contributed by atoms with Crippen LogP contribution in [0, 0.1) is 0 Å². The number of para-hydroxylation sites is 1. The minimum absolute atomic E-state index is 0.153. The van der Waals surface area contributed by atoms with E-state index in [-0.39, 0.29) is 6.10 Å². The molecule has 1 aliphatic rings. The molecule has 1 unspecified atom stereocenters. The Morgan fingerprint density at radius 1 is 1.39 bits per heavy atom. The number of nitrogens with zero attached hydrogens (tertiary/aromatic N) is 2. The number of ether oxygens (including phenoxy) is 1. The van der Waals surface area contributed by atoms with Crippen molar-refractivity contribution in [1.82, 2.24) is 10.1 Å². The summed E-state index contributed by atoms with van der Waals surface area (Å²) < 4.78 is 11.0. The molecule has 0 fully saturated rings. The first kappa shape index (κ1) is 11.6. The van der Waals surface area contributed by atoms with Crippen molar-refractivity contribution in [3.05, 3.63) is 36.0 Å². The van der Waals surface area contributed by atoms with Gasteiger partial charge in [-0.3, -0.25) is 0 Å². The highest BCUT2D eigenvalue weighted by atomic mass is 32.2. The highest BCUT2D eigenvalue weighted by Crippen LogP contribution is 2.39. The average molecular weight is 263 g/mol. The monoisotopic (exact) mass is 263 g/mol. The molecule has 6 heteroatoms. The van der Waals surface area contributed by atoms with Gasteiger partial charge in [-0.05, 0) is 12.1 Å². The molecule has 3 rings (SSSR count). The maximum atomic E-state index is 5.87. The van der Waals surface area contributed by atoms with E-state index in [9.17, 15) is 0 Å². The van der Waals surface area contributed by atoms with Crippen molar-refractivity contribution in [1.29, 1.82) is 0 Å². The highest BCUT2D eigenvalue weighted by molar-refractivity contribution is 7.99. The number of fused-ring (bicyclic) bond motifs is 1. The molecular weight excluding hydrogens is 250 g/mol. The Hall–Kier alpha value is -1.53. The topological polar surface area (TPSA) is 74.2 Å². The number of nitrogens with two attached hydrogens (primary N) is 1. The van der Waals surface area contributed by atoms with E-state index < -0.39 is 0 Å². The van der Waals surface area contributed by atoms with Crippen molar-refractivity contribution in [2.24, 2.45) is 5.73 Å². The summed E-state index contributed by atoms with van der Waals surface area (Å²) in [5, 5.41) is 3.95. The van der Waals surface area contributed by atoms with Crippen LogP contribution in [0.3, 0.4) is 0 Å². The number of rotatable bonds is 3. The molecule has 2 aromatic rings. The number of aromatic nitrogens is 2. The lowest BCUT2D eigenvalue weighted by Crippen LogP contribution is -2.16. The van der Waals surface area contributed by atoms with Crippen LogP contribution in [-0.2, 0) is 6.42 Å². The van der Waals surface area contributed by atoms with Gasteiger partial charge in [0.15, 0.2) is 6.10 Å². The van der Waals surface area contributed by atoms with Gasteiger partial charge in [0.25, 0.3) is 0 Å². The largest absolute Gasteiger partial charge is 0.480 e. The van der Waals surface area contributed by atoms with Crippen LogP contribution in [0.5, 0.6) is 5.75 Å². The Labute approximate surface area is 109 Å². The lowest BCUT2D eigenvalue weighted by atomic mass is 10.3. The third kappa shape index (κ3) is 2.21. The molecule has 0 radical (unpaired) electrons. The minimum atomic E-state index is -0.153. The van der Waals surface area contributed by atoms with Crippen molar-refractivity contribution in [2.45, 2.75) is 17.4 Å². The number of thioether (sulfide) groups is 1. The quantitative estimate of drug-likeness (QED) is 0.910. The molecule has 18 heavy (non-hydrogen) atoms. The van der Waals surface area contributed by atoms with E-state index in [2.05, 4.69) is 10.1 Å². The Morgan fingerprint density at radius 3 is 3.17 bits per heavy atom. The van der Waals surface area contributed by atoms with Gasteiger partial charge < -0.3 is 15.0 Å². The summed E-state index contributed by atoms with van der Waals surface area (Å²) in [7, 11) is 0. The molecule has 0 bridgehead atoms. The van der Waals surface area contributed by atoms with Crippen LogP contribution in [0.1, 0.15) is 17.8 Å². The van der Waals surface area contributed by atoms with Gasteiger partial charge in [-0.15, -0.1) is 11.8 Å². The summed E-state index contributed by atoms with van der Waals surface area (Å²) >= 11 is 1.74. The molecule has 0 amide bonds. The van der Waals surface area contributed by atoms with E-state index in [1.807, 2.05) is 24.3 Å². The molecule has 0 saturated carbocycles. The fraction of sp³-hybridized carbons (Fsp3) is 0.333. The molecule has 94 valence electrons. The molecule has 5 nitrogen and oxygen atoms in total. The van der Waals surface area contributed by atoms with Crippen LogP contribution >= 0.6 is 11.8 Å². The van der Waals surface area contributed by atoms with Crippen molar-refractivity contribution < 1.29 is 9.26 Å². The fourth-order valence-electron chi connectivity index (χ4n) is 1.77. The number of hydrogen-bond acceptors (Lipinski definition) is 6. The molecule has 0 saturated heterocycles. The van der Waals surface area contributed by atoms with E-state index in [1.165, 1.54) is 0 Å². The number of hydrogen-bond donors (Lipinski definition) is 1. The Kier molecular flexibility index (Phi) is 3.21. The summed E-state index contributed by atoms with van der Waals surface area (Å²) in [5.41, 5.74) is 5.45. The zero-order chi connectivity index (χ0) is 12.4. The van der Waals surface area contributed by atoms with Crippen LogP contribution in [0.15, 0.2) is 33.7 Å². The summed E-state index contributed by atoms with van der Waals surface area (Å²) in [6.45, 7) is 0.505. The summed E-state index contributed by atoms with van der Waals surface area (Å²) in [5.74, 6) is 2.84. The zero-order valence-electron chi connectivity index (χ0n) is 9.70. The standard InChI is InChI=1S/C12H13N3O2S/c13-6-5-11-14-12(15-17-11)9-7-18-10-4-2-1-3-8(10)16-9/h1-4,9H,5-7,13H2. The third-order valence-corrected chi connectivity index (χ3v) is 3.76. The maximum Gasteiger partial charge on any atom is 0.228 e. The molecule has 1 aliphatic heterocycles. The van der Waals surface area contributed by atoms with Gasteiger partial charge in [0.2, 0.25) is 11.7 Å². The average Bonchev–Trinajstić information content (AvgIpc) is 2.87. The van der Waals surface area contributed by atoms with Crippen LogP contribution < -0.4 is 10.5 Å². The second-order valence-electron chi connectivity index (χ2n) is 3.95. The van der Waals surface area contributed by atoms with Crippen LogP contribution in [0.2, 0.25) is 0 Å². The van der Waals surface area contributed by atoms with E-state index in [1.54, 1.807) is 11.8 Å². The molecule has 1 aromatic carbocycles. The Bertz CT molecular complexity index is 544. The molecule has 1 atom stereocenters. The van der Waals surface area contributed by atoms with Crippen LogP contribution in [0.4, 0.5) is 0 Å².